The van der Waals surface area contributed by atoms with Crippen molar-refractivity contribution in [1.82, 2.24) is 0 Å². The zero-order valence-corrected chi connectivity index (χ0v) is 13.2. The molecule has 5 nitrogen and oxygen atoms in total. The summed E-state index contributed by atoms with van der Waals surface area (Å²) in [6, 6.07) is 0. The Morgan fingerprint density at radius 3 is 2.41 bits per heavy atom. The number of aliphatic hydroxyl groups excluding tert-OH is 2. The van der Waals surface area contributed by atoms with Crippen LogP contribution in [0.2, 0.25) is 0 Å². The van der Waals surface area contributed by atoms with Gasteiger partial charge < -0.3 is 19.7 Å². The summed E-state index contributed by atoms with van der Waals surface area (Å²) in [7, 11) is 0. The molecule has 0 aromatic rings. The van der Waals surface area contributed by atoms with E-state index in [0.717, 1.165) is 32.1 Å². The molecular formula is C17H26O5. The lowest BCUT2D eigenvalue weighted by atomic mass is 9.52. The monoisotopic (exact) mass is 310 g/mol. The molecule has 0 aromatic heterocycles. The first-order valence-electron chi connectivity index (χ1n) is 8.21. The van der Waals surface area contributed by atoms with E-state index < -0.39 is 17.5 Å². The van der Waals surface area contributed by atoms with Crippen molar-refractivity contribution in [2.24, 2.45) is 11.8 Å². The smallest absolute Gasteiger partial charge is 0.333 e. The van der Waals surface area contributed by atoms with E-state index in [4.69, 9.17) is 14.6 Å². The van der Waals surface area contributed by atoms with Crippen molar-refractivity contribution in [1.29, 1.82) is 0 Å². The topological polar surface area (TPSA) is 76.0 Å². The molecule has 22 heavy (non-hydrogen) atoms. The number of rotatable bonds is 6. The molecule has 4 rings (SSSR count). The van der Waals surface area contributed by atoms with Crippen LogP contribution in [0.5, 0.6) is 0 Å². The molecule has 3 unspecified atom stereocenters. The van der Waals surface area contributed by atoms with Crippen molar-refractivity contribution in [3.8, 4) is 0 Å². The van der Waals surface area contributed by atoms with E-state index in [2.05, 4.69) is 6.58 Å². The van der Waals surface area contributed by atoms with E-state index in [0.29, 0.717) is 23.8 Å². The van der Waals surface area contributed by atoms with E-state index >= 15 is 0 Å². The van der Waals surface area contributed by atoms with E-state index in [1.807, 2.05) is 0 Å². The molecule has 124 valence electrons. The lowest BCUT2D eigenvalue weighted by Crippen LogP contribution is -2.62. The Morgan fingerprint density at radius 1 is 1.27 bits per heavy atom. The number of aliphatic hydroxyl groups is 2. The number of carbonyl (C=O) groups excluding carboxylic acids is 1. The van der Waals surface area contributed by atoms with Crippen molar-refractivity contribution >= 4 is 5.97 Å². The quantitative estimate of drug-likeness (QED) is 0.445. The molecule has 0 saturated heterocycles. The van der Waals surface area contributed by atoms with Crippen molar-refractivity contribution in [2.75, 3.05) is 6.61 Å². The van der Waals surface area contributed by atoms with Crippen LogP contribution in [0, 0.1) is 11.8 Å². The Balaban J connectivity index is 1.77. The second-order valence-electron chi connectivity index (χ2n) is 7.58. The van der Waals surface area contributed by atoms with Gasteiger partial charge >= 0.3 is 5.97 Å². The summed E-state index contributed by atoms with van der Waals surface area (Å²) < 4.78 is 11.8. The van der Waals surface area contributed by atoms with Crippen LogP contribution in [-0.2, 0) is 14.3 Å². The van der Waals surface area contributed by atoms with Crippen LogP contribution in [0.3, 0.4) is 0 Å². The third kappa shape index (κ3) is 2.94. The minimum atomic E-state index is -0.949. The standard InChI is InChI=1S/C17H26O5/c1-11(2)15(20)22-17-8-12-5-13(9-17)7-16(6-12,10-17)21-14(19)3-4-18/h12-14,18-19H,1,3-10H2,2H3. The summed E-state index contributed by atoms with van der Waals surface area (Å²) in [6.45, 7) is 5.24. The zero-order valence-electron chi connectivity index (χ0n) is 13.2. The normalized spacial score (nSPS) is 40.5. The summed E-state index contributed by atoms with van der Waals surface area (Å²) in [5, 5.41) is 18.9. The number of carbonyl (C=O) groups is 1. The average Bonchev–Trinajstić information content (AvgIpc) is 2.35. The lowest BCUT2D eigenvalue weighted by molar-refractivity contribution is -0.275. The summed E-state index contributed by atoms with van der Waals surface area (Å²) >= 11 is 0. The van der Waals surface area contributed by atoms with E-state index in [9.17, 15) is 9.90 Å². The molecule has 0 aromatic carbocycles. The third-order valence-corrected chi connectivity index (χ3v) is 5.37. The molecule has 4 fully saturated rings. The molecular weight excluding hydrogens is 284 g/mol. The number of esters is 1. The molecule has 2 N–H and O–H groups in total. The molecule has 3 atom stereocenters. The van der Waals surface area contributed by atoms with Gasteiger partial charge in [0.2, 0.25) is 0 Å². The van der Waals surface area contributed by atoms with Gasteiger partial charge in [-0.2, -0.15) is 0 Å². The van der Waals surface area contributed by atoms with Crippen molar-refractivity contribution in [3.05, 3.63) is 12.2 Å². The molecule has 0 aliphatic heterocycles. The van der Waals surface area contributed by atoms with Crippen LogP contribution in [0.4, 0.5) is 0 Å². The maximum Gasteiger partial charge on any atom is 0.333 e. The highest BCUT2D eigenvalue weighted by molar-refractivity contribution is 5.87. The van der Waals surface area contributed by atoms with Gasteiger partial charge in [0.15, 0.2) is 6.29 Å². The van der Waals surface area contributed by atoms with Crippen LogP contribution in [0.25, 0.3) is 0 Å². The average molecular weight is 310 g/mol. The van der Waals surface area contributed by atoms with Crippen molar-refractivity contribution < 1.29 is 24.5 Å². The van der Waals surface area contributed by atoms with Crippen LogP contribution >= 0.6 is 0 Å². The van der Waals surface area contributed by atoms with E-state index in [1.54, 1.807) is 6.92 Å². The van der Waals surface area contributed by atoms with E-state index in [1.165, 1.54) is 0 Å². The SMILES string of the molecule is C=C(C)C(=O)OC12CC3CC(C1)CC(OC(O)CCO)(C3)C2. The first-order valence-corrected chi connectivity index (χ1v) is 8.21. The molecule has 4 bridgehead atoms. The van der Waals surface area contributed by atoms with Crippen LogP contribution in [0.1, 0.15) is 51.9 Å². The Kier molecular flexibility index (Phi) is 4.08. The van der Waals surface area contributed by atoms with Gasteiger partial charge in [-0.3, -0.25) is 0 Å². The van der Waals surface area contributed by atoms with Crippen molar-refractivity contribution in [3.63, 3.8) is 0 Å². The highest BCUT2D eigenvalue weighted by Gasteiger charge is 2.60. The van der Waals surface area contributed by atoms with Gasteiger partial charge in [0.1, 0.15) is 5.60 Å². The van der Waals surface area contributed by atoms with Gasteiger partial charge in [-0.1, -0.05) is 6.58 Å². The van der Waals surface area contributed by atoms with Crippen LogP contribution < -0.4 is 0 Å². The lowest BCUT2D eigenvalue weighted by Gasteiger charge is -2.60. The summed E-state index contributed by atoms with van der Waals surface area (Å²) in [6.07, 6.45) is 4.69. The van der Waals surface area contributed by atoms with Gasteiger partial charge in [0.25, 0.3) is 0 Å². The second kappa shape index (κ2) is 5.62. The summed E-state index contributed by atoms with van der Waals surface area (Å²) in [4.78, 5) is 12.0. The fourth-order valence-corrected chi connectivity index (χ4v) is 5.09. The minimum absolute atomic E-state index is 0.0973. The molecule has 5 heteroatoms. The fraction of sp³-hybridized carbons (Fsp3) is 0.824. The molecule has 4 saturated carbocycles. The third-order valence-electron chi connectivity index (χ3n) is 5.37. The second-order valence-corrected chi connectivity index (χ2v) is 7.58. The van der Waals surface area contributed by atoms with Crippen molar-refractivity contribution in [2.45, 2.75) is 69.4 Å². The van der Waals surface area contributed by atoms with Gasteiger partial charge in [0, 0.05) is 25.0 Å². The summed E-state index contributed by atoms with van der Waals surface area (Å²) in [5.74, 6) is 0.647. The minimum Gasteiger partial charge on any atom is -0.456 e. The first kappa shape index (κ1) is 16.0. The Morgan fingerprint density at radius 2 is 1.86 bits per heavy atom. The van der Waals surface area contributed by atoms with Gasteiger partial charge in [0.05, 0.1) is 5.60 Å². The maximum atomic E-state index is 12.0. The highest BCUT2D eigenvalue weighted by Crippen LogP contribution is 2.60. The number of hydrogen-bond donors (Lipinski definition) is 2. The Hall–Kier alpha value is -0.910. The van der Waals surface area contributed by atoms with Crippen LogP contribution in [0.15, 0.2) is 12.2 Å². The zero-order chi connectivity index (χ0) is 16.0. The Labute approximate surface area is 131 Å². The molecule has 0 amide bonds. The van der Waals surface area contributed by atoms with Crippen LogP contribution in [-0.4, -0.2) is 40.3 Å². The molecule has 0 heterocycles. The largest absolute Gasteiger partial charge is 0.456 e. The van der Waals surface area contributed by atoms with Gasteiger partial charge in [-0.25, -0.2) is 4.79 Å². The van der Waals surface area contributed by atoms with Gasteiger partial charge in [-0.05, 0) is 50.9 Å². The molecule has 4 aliphatic carbocycles. The number of hydrogen-bond acceptors (Lipinski definition) is 5. The molecule has 0 radical (unpaired) electrons. The van der Waals surface area contributed by atoms with Gasteiger partial charge in [-0.15, -0.1) is 0 Å². The predicted molar refractivity (Wildman–Crippen MR) is 79.8 cm³/mol. The Bertz CT molecular complexity index is 458. The maximum absolute atomic E-state index is 12.0. The molecule has 0 spiro atoms. The first-order chi connectivity index (χ1) is 10.4. The predicted octanol–water partition coefficient (Wildman–Crippen LogP) is 1.91. The summed E-state index contributed by atoms with van der Waals surface area (Å²) in [5.41, 5.74) is -0.446. The van der Waals surface area contributed by atoms with E-state index in [-0.39, 0.29) is 19.0 Å². The highest BCUT2D eigenvalue weighted by atomic mass is 16.6. The number of ether oxygens (including phenoxy) is 2. The fourth-order valence-electron chi connectivity index (χ4n) is 5.09. The molecule has 4 aliphatic rings.